The van der Waals surface area contributed by atoms with Crippen molar-refractivity contribution >= 4 is 0 Å². The van der Waals surface area contributed by atoms with Gasteiger partial charge in [0.2, 0.25) is 0 Å². The van der Waals surface area contributed by atoms with Crippen LogP contribution in [0.3, 0.4) is 0 Å². The molecule has 0 bridgehead atoms. The van der Waals surface area contributed by atoms with E-state index in [1.165, 1.54) is 12.1 Å². The highest BCUT2D eigenvalue weighted by molar-refractivity contribution is 5.33. The molecule has 5 heteroatoms. The summed E-state index contributed by atoms with van der Waals surface area (Å²) < 4.78 is 38.5. The minimum absolute atomic E-state index is 0.350. The summed E-state index contributed by atoms with van der Waals surface area (Å²) in [5.74, 6) is 0. The molecule has 2 aromatic rings. The van der Waals surface area contributed by atoms with E-state index >= 15 is 0 Å². The van der Waals surface area contributed by atoms with Crippen LogP contribution >= 0.6 is 0 Å². The van der Waals surface area contributed by atoms with Gasteiger partial charge in [0.15, 0.2) is 0 Å². The molecule has 0 spiro atoms. The normalized spacial score (nSPS) is 13.2. The summed E-state index contributed by atoms with van der Waals surface area (Å²) in [5, 5.41) is 3.19. The molecule has 0 radical (unpaired) electrons. The predicted octanol–water partition coefficient (Wildman–Crippen LogP) is 4.11. The van der Waals surface area contributed by atoms with Gasteiger partial charge in [0.1, 0.15) is 0 Å². The van der Waals surface area contributed by atoms with Crippen molar-refractivity contribution in [1.82, 2.24) is 10.3 Å². The fraction of sp³-hybridized carbons (Fsp3) is 0.312. The third kappa shape index (κ3) is 3.82. The Hall–Kier alpha value is -1.88. The van der Waals surface area contributed by atoms with E-state index in [4.69, 9.17) is 0 Å². The van der Waals surface area contributed by atoms with Crippen LogP contribution in [0.1, 0.15) is 35.5 Å². The van der Waals surface area contributed by atoms with Gasteiger partial charge in [-0.3, -0.25) is 4.98 Å². The lowest BCUT2D eigenvalue weighted by atomic mass is 10.00. The van der Waals surface area contributed by atoms with Gasteiger partial charge in [0.25, 0.3) is 0 Å². The van der Waals surface area contributed by atoms with E-state index in [0.717, 1.165) is 17.5 Å². The number of aromatic nitrogens is 1. The highest BCUT2D eigenvalue weighted by atomic mass is 19.4. The second-order valence-corrected chi connectivity index (χ2v) is 4.82. The molecular formula is C16H17F3N2. The molecule has 2 rings (SSSR count). The van der Waals surface area contributed by atoms with E-state index in [1.807, 2.05) is 32.0 Å². The number of rotatable bonds is 4. The molecule has 1 N–H and O–H groups in total. The molecule has 2 nitrogen and oxygen atoms in total. The molecule has 0 aliphatic carbocycles. The summed E-state index contributed by atoms with van der Waals surface area (Å²) in [6.45, 7) is 4.41. The number of benzene rings is 1. The molecule has 1 unspecified atom stereocenters. The van der Waals surface area contributed by atoms with E-state index in [2.05, 4.69) is 10.3 Å². The van der Waals surface area contributed by atoms with Crippen molar-refractivity contribution in [3.05, 3.63) is 65.0 Å². The Morgan fingerprint density at radius 1 is 1.14 bits per heavy atom. The van der Waals surface area contributed by atoms with E-state index in [0.29, 0.717) is 12.1 Å². The fourth-order valence-electron chi connectivity index (χ4n) is 2.22. The SMILES string of the molecule is CCNC(c1cccc(C(F)(F)F)c1)c1cccc(C)n1. The highest BCUT2D eigenvalue weighted by Gasteiger charge is 2.31. The topological polar surface area (TPSA) is 24.9 Å². The maximum absolute atomic E-state index is 12.8. The van der Waals surface area contributed by atoms with E-state index in [1.54, 1.807) is 6.07 Å². The van der Waals surface area contributed by atoms with Gasteiger partial charge in [-0.25, -0.2) is 0 Å². The first kappa shape index (κ1) is 15.5. The van der Waals surface area contributed by atoms with Gasteiger partial charge in [0.05, 0.1) is 17.3 Å². The largest absolute Gasteiger partial charge is 0.416 e. The van der Waals surface area contributed by atoms with Crippen molar-refractivity contribution < 1.29 is 13.2 Å². The van der Waals surface area contributed by atoms with Crippen LogP contribution in [0.4, 0.5) is 13.2 Å². The van der Waals surface area contributed by atoms with Crippen LogP contribution in [-0.4, -0.2) is 11.5 Å². The quantitative estimate of drug-likeness (QED) is 0.918. The van der Waals surface area contributed by atoms with Crippen molar-refractivity contribution in [3.63, 3.8) is 0 Å². The number of pyridine rings is 1. The van der Waals surface area contributed by atoms with Crippen molar-refractivity contribution in [1.29, 1.82) is 0 Å². The minimum atomic E-state index is -4.34. The van der Waals surface area contributed by atoms with Crippen LogP contribution in [0.2, 0.25) is 0 Å². The number of hydrogen-bond donors (Lipinski definition) is 1. The van der Waals surface area contributed by atoms with Gasteiger partial charge in [-0.15, -0.1) is 0 Å². The molecule has 0 aliphatic heterocycles. The molecule has 1 heterocycles. The van der Waals surface area contributed by atoms with Crippen LogP contribution in [-0.2, 0) is 6.18 Å². The maximum Gasteiger partial charge on any atom is 0.416 e. The van der Waals surface area contributed by atoms with Crippen LogP contribution in [0.25, 0.3) is 0 Å². The van der Waals surface area contributed by atoms with Gasteiger partial charge in [-0.05, 0) is 43.3 Å². The van der Waals surface area contributed by atoms with Crippen LogP contribution < -0.4 is 5.32 Å². The Bertz CT molecular complexity index is 608. The molecule has 0 amide bonds. The summed E-state index contributed by atoms with van der Waals surface area (Å²) in [6, 6.07) is 10.6. The zero-order chi connectivity index (χ0) is 15.5. The Morgan fingerprint density at radius 3 is 2.48 bits per heavy atom. The first-order valence-corrected chi connectivity index (χ1v) is 6.76. The Kier molecular flexibility index (Phi) is 4.63. The summed E-state index contributed by atoms with van der Waals surface area (Å²) in [7, 11) is 0. The Labute approximate surface area is 122 Å². The average Bonchev–Trinajstić information content (AvgIpc) is 2.44. The number of nitrogens with zero attached hydrogens (tertiary/aromatic N) is 1. The van der Waals surface area contributed by atoms with Gasteiger partial charge < -0.3 is 5.32 Å². The lowest BCUT2D eigenvalue weighted by molar-refractivity contribution is -0.137. The van der Waals surface area contributed by atoms with E-state index in [-0.39, 0.29) is 6.04 Å². The third-order valence-corrected chi connectivity index (χ3v) is 3.16. The number of alkyl halides is 3. The lowest BCUT2D eigenvalue weighted by Crippen LogP contribution is -2.23. The molecule has 0 aliphatic rings. The van der Waals surface area contributed by atoms with E-state index in [9.17, 15) is 13.2 Å². The van der Waals surface area contributed by atoms with Crippen LogP contribution in [0, 0.1) is 6.92 Å². The molecule has 0 saturated heterocycles. The van der Waals surface area contributed by atoms with E-state index < -0.39 is 11.7 Å². The zero-order valence-electron chi connectivity index (χ0n) is 11.9. The maximum atomic E-state index is 12.8. The van der Waals surface area contributed by atoms with Crippen molar-refractivity contribution in [2.24, 2.45) is 0 Å². The molecule has 1 aromatic heterocycles. The minimum Gasteiger partial charge on any atom is -0.305 e. The van der Waals surface area contributed by atoms with Crippen LogP contribution in [0.15, 0.2) is 42.5 Å². The smallest absolute Gasteiger partial charge is 0.305 e. The summed E-state index contributed by atoms with van der Waals surface area (Å²) in [6.07, 6.45) is -4.34. The summed E-state index contributed by atoms with van der Waals surface area (Å²) >= 11 is 0. The average molecular weight is 294 g/mol. The number of aryl methyl sites for hydroxylation is 1. The second kappa shape index (κ2) is 6.26. The van der Waals surface area contributed by atoms with Gasteiger partial charge >= 0.3 is 6.18 Å². The lowest BCUT2D eigenvalue weighted by Gasteiger charge is -2.19. The standard InChI is InChI=1S/C16H17F3N2/c1-3-20-15(14-9-4-6-11(2)21-14)12-7-5-8-13(10-12)16(17,18)19/h4-10,15,20H,3H2,1-2H3. The van der Waals surface area contributed by atoms with Crippen molar-refractivity contribution in [2.45, 2.75) is 26.1 Å². The zero-order valence-corrected chi connectivity index (χ0v) is 11.9. The monoisotopic (exact) mass is 294 g/mol. The number of nitrogens with one attached hydrogen (secondary N) is 1. The van der Waals surface area contributed by atoms with Crippen molar-refractivity contribution in [2.75, 3.05) is 6.54 Å². The fourth-order valence-corrected chi connectivity index (χ4v) is 2.22. The molecular weight excluding hydrogens is 277 g/mol. The number of hydrogen-bond acceptors (Lipinski definition) is 2. The Balaban J connectivity index is 2.43. The third-order valence-electron chi connectivity index (χ3n) is 3.16. The highest BCUT2D eigenvalue weighted by Crippen LogP contribution is 2.31. The van der Waals surface area contributed by atoms with Crippen LogP contribution in [0.5, 0.6) is 0 Å². The molecule has 112 valence electrons. The second-order valence-electron chi connectivity index (χ2n) is 4.82. The molecule has 1 atom stereocenters. The first-order chi connectivity index (χ1) is 9.91. The molecule has 0 fully saturated rings. The molecule has 1 aromatic carbocycles. The summed E-state index contributed by atoms with van der Waals surface area (Å²) in [5.41, 5.74) is 1.47. The first-order valence-electron chi connectivity index (χ1n) is 6.76. The van der Waals surface area contributed by atoms with Gasteiger partial charge in [0, 0.05) is 5.69 Å². The number of halogens is 3. The van der Waals surface area contributed by atoms with Gasteiger partial charge in [-0.2, -0.15) is 13.2 Å². The predicted molar refractivity (Wildman–Crippen MR) is 75.9 cm³/mol. The Morgan fingerprint density at radius 2 is 1.86 bits per heavy atom. The molecule has 0 saturated carbocycles. The molecule has 21 heavy (non-hydrogen) atoms. The summed E-state index contributed by atoms with van der Waals surface area (Å²) in [4.78, 5) is 4.42. The van der Waals surface area contributed by atoms with Crippen molar-refractivity contribution in [3.8, 4) is 0 Å². The van der Waals surface area contributed by atoms with Gasteiger partial charge in [-0.1, -0.05) is 25.1 Å².